The van der Waals surface area contributed by atoms with E-state index in [0.717, 1.165) is 46.5 Å². The van der Waals surface area contributed by atoms with Crippen molar-refractivity contribution < 1.29 is 0 Å². The molecule has 0 N–H and O–H groups in total. The maximum atomic E-state index is 5.27. The molecule has 6 rings (SSSR count). The van der Waals surface area contributed by atoms with Gasteiger partial charge in [0.1, 0.15) is 10.1 Å². The standard InChI is InChI=1S/C12H10N8S8/c1-3-19-5-7(21-25-15-5)13-11(9(19)17-27-23-11)12-10(18-28-24-12)20(4-2)6-8(14-12)22-26-16-6/h3-4H2,1-2H3/t11-,12+. The molecule has 2 atom stereocenters. The van der Waals surface area contributed by atoms with Gasteiger partial charge in [0.2, 0.25) is 9.74 Å². The fourth-order valence-electron chi connectivity index (χ4n) is 3.47. The van der Waals surface area contributed by atoms with Crippen LogP contribution in [0.1, 0.15) is 13.8 Å². The van der Waals surface area contributed by atoms with E-state index < -0.39 is 9.74 Å². The van der Waals surface area contributed by atoms with Crippen LogP contribution in [0.15, 0.2) is 27.6 Å². The van der Waals surface area contributed by atoms with Crippen LogP contribution in [0.4, 0.5) is 0 Å². The Morgan fingerprint density at radius 1 is 0.679 bits per heavy atom. The van der Waals surface area contributed by atoms with Crippen LogP contribution in [-0.2, 0) is 0 Å². The Labute approximate surface area is 193 Å². The Hall–Kier alpha value is 0.420. The highest BCUT2D eigenvalue weighted by atomic mass is 33.1. The zero-order valence-corrected chi connectivity index (χ0v) is 20.8. The monoisotopic (exact) mass is 522 g/mol. The molecule has 0 spiro atoms. The number of amidine groups is 4. The van der Waals surface area contributed by atoms with Crippen molar-refractivity contribution in [2.75, 3.05) is 13.1 Å². The Morgan fingerprint density at radius 3 is 1.57 bits per heavy atom. The molecule has 0 aromatic heterocycles. The first-order valence-corrected chi connectivity index (χ1v) is 16.6. The van der Waals surface area contributed by atoms with Crippen molar-refractivity contribution >= 4 is 121 Å². The lowest BCUT2D eigenvalue weighted by molar-refractivity contribution is 0.523. The average molecular weight is 523 g/mol. The minimum absolute atomic E-state index is 0.688. The van der Waals surface area contributed by atoms with Gasteiger partial charge in [-0.1, -0.05) is 0 Å². The first-order valence-electron chi connectivity index (χ1n) is 8.19. The van der Waals surface area contributed by atoms with Crippen LogP contribution in [0.5, 0.6) is 0 Å². The van der Waals surface area contributed by atoms with E-state index in [4.69, 9.17) is 18.8 Å². The lowest BCUT2D eigenvalue weighted by Crippen LogP contribution is -2.68. The molecule has 0 unspecified atom stereocenters. The van der Waals surface area contributed by atoms with Crippen LogP contribution in [0.25, 0.3) is 0 Å². The average Bonchev–Trinajstić information content (AvgIpc) is 3.48. The zero-order valence-electron chi connectivity index (χ0n) is 14.3. The van der Waals surface area contributed by atoms with E-state index in [1.165, 1.54) is 43.9 Å². The second kappa shape index (κ2) is 6.97. The molecule has 0 saturated carbocycles. The van der Waals surface area contributed by atoms with Gasteiger partial charge in [-0.25, -0.2) is 9.98 Å². The molecular weight excluding hydrogens is 513 g/mol. The normalized spacial score (nSPS) is 35.4. The summed E-state index contributed by atoms with van der Waals surface area (Å²) in [6.45, 7) is 5.82. The molecule has 0 radical (unpaired) electrons. The molecule has 0 bridgehead atoms. The van der Waals surface area contributed by atoms with E-state index in [1.54, 1.807) is 43.2 Å². The van der Waals surface area contributed by atoms with Gasteiger partial charge in [-0.05, 0) is 57.0 Å². The summed E-state index contributed by atoms with van der Waals surface area (Å²) < 4.78 is 18.8. The fraction of sp³-hybridized carbons (Fsp3) is 0.500. The van der Waals surface area contributed by atoms with Gasteiger partial charge < -0.3 is 9.80 Å². The summed E-state index contributed by atoms with van der Waals surface area (Å²) in [5.74, 6) is 3.64. The van der Waals surface area contributed by atoms with Gasteiger partial charge in [0, 0.05) is 35.0 Å². The van der Waals surface area contributed by atoms with Crippen molar-refractivity contribution in [1.82, 2.24) is 9.80 Å². The number of fused-ring (bicyclic) bond motifs is 5. The Bertz CT molecular complexity index is 881. The summed E-state index contributed by atoms with van der Waals surface area (Å²) in [5.41, 5.74) is 0. The number of aliphatic imine (C=N–C) groups is 2. The van der Waals surface area contributed by atoms with Crippen LogP contribution < -0.4 is 0 Å². The number of hydrogen-bond donors (Lipinski definition) is 0. The third-order valence-electron chi connectivity index (χ3n) is 4.66. The molecule has 6 heterocycles. The quantitative estimate of drug-likeness (QED) is 0.385. The molecular formula is C12H10N8S8. The topological polar surface area (TPSA) is 80.6 Å². The van der Waals surface area contributed by atoms with Crippen molar-refractivity contribution in [3.8, 4) is 0 Å². The molecule has 28 heavy (non-hydrogen) atoms. The molecule has 0 saturated heterocycles. The van der Waals surface area contributed by atoms with Gasteiger partial charge >= 0.3 is 0 Å². The second-order valence-electron chi connectivity index (χ2n) is 5.90. The highest BCUT2D eigenvalue weighted by molar-refractivity contribution is 8.83. The molecule has 0 fully saturated rings. The summed E-state index contributed by atoms with van der Waals surface area (Å²) in [7, 11) is 12.5. The maximum Gasteiger partial charge on any atom is 0.219 e. The first-order chi connectivity index (χ1) is 13.7. The molecule has 8 nitrogen and oxygen atoms in total. The molecule has 16 heteroatoms. The predicted octanol–water partition coefficient (Wildman–Crippen LogP) is 4.68. The van der Waals surface area contributed by atoms with Crippen LogP contribution >= 0.6 is 87.1 Å². The summed E-state index contributed by atoms with van der Waals surface area (Å²) in [6.07, 6.45) is 0. The molecule has 6 aliphatic rings. The van der Waals surface area contributed by atoms with Crippen molar-refractivity contribution in [1.29, 1.82) is 0 Å². The smallest absolute Gasteiger partial charge is 0.219 e. The van der Waals surface area contributed by atoms with Gasteiger partial charge in [0.25, 0.3) is 0 Å². The van der Waals surface area contributed by atoms with E-state index in [0.29, 0.717) is 0 Å². The van der Waals surface area contributed by atoms with Crippen molar-refractivity contribution in [3.05, 3.63) is 0 Å². The molecule has 146 valence electrons. The molecule has 0 amide bonds. The zero-order chi connectivity index (χ0) is 18.9. The van der Waals surface area contributed by atoms with Gasteiger partial charge in [0.05, 0.1) is 22.0 Å². The van der Waals surface area contributed by atoms with E-state index in [2.05, 4.69) is 32.4 Å². The summed E-state index contributed by atoms with van der Waals surface area (Å²) in [6, 6.07) is 0. The van der Waals surface area contributed by atoms with Crippen molar-refractivity contribution in [2.45, 2.75) is 23.6 Å². The molecule has 0 aliphatic carbocycles. The minimum atomic E-state index is -0.688. The number of rotatable bonds is 3. The van der Waals surface area contributed by atoms with Crippen LogP contribution in [-0.4, -0.2) is 66.1 Å². The Morgan fingerprint density at radius 2 is 1.14 bits per heavy atom. The number of likely N-dealkylation sites (N-methyl/N-ethyl adjacent to an activating group) is 2. The third kappa shape index (κ3) is 2.34. The minimum Gasteiger partial charge on any atom is -0.308 e. The van der Waals surface area contributed by atoms with Gasteiger partial charge in [-0.15, -0.1) is 0 Å². The first kappa shape index (κ1) is 19.1. The van der Waals surface area contributed by atoms with E-state index >= 15 is 0 Å². The largest absolute Gasteiger partial charge is 0.308 e. The highest BCUT2D eigenvalue weighted by Gasteiger charge is 2.70. The lowest BCUT2D eigenvalue weighted by atomic mass is 9.99. The van der Waals surface area contributed by atoms with Crippen LogP contribution in [0, 0.1) is 0 Å². The third-order valence-corrected chi connectivity index (χ3v) is 12.7. The van der Waals surface area contributed by atoms with Crippen molar-refractivity contribution in [2.24, 2.45) is 27.6 Å². The van der Waals surface area contributed by atoms with Crippen LogP contribution in [0.2, 0.25) is 0 Å². The van der Waals surface area contributed by atoms with Gasteiger partial charge in [-0.3, -0.25) is 0 Å². The number of hydrogen-bond acceptors (Lipinski definition) is 16. The summed E-state index contributed by atoms with van der Waals surface area (Å²) in [4.78, 5) is 13.5. The molecule has 0 aromatic rings. The van der Waals surface area contributed by atoms with Crippen molar-refractivity contribution in [3.63, 3.8) is 0 Å². The second-order valence-corrected chi connectivity index (χ2v) is 13.6. The van der Waals surface area contributed by atoms with Crippen LogP contribution in [0.3, 0.4) is 0 Å². The Balaban J connectivity index is 1.61. The van der Waals surface area contributed by atoms with E-state index in [1.807, 2.05) is 0 Å². The van der Waals surface area contributed by atoms with Gasteiger partial charge in [-0.2, -0.15) is 17.6 Å². The lowest BCUT2D eigenvalue weighted by Gasteiger charge is -2.47. The number of nitrogens with zero attached hydrogens (tertiary/aromatic N) is 8. The fourth-order valence-corrected chi connectivity index (χ4v) is 12.5. The molecule has 6 aliphatic heterocycles. The van der Waals surface area contributed by atoms with E-state index in [-0.39, 0.29) is 0 Å². The van der Waals surface area contributed by atoms with Gasteiger partial charge in [0.15, 0.2) is 23.3 Å². The Kier molecular flexibility index (Phi) is 4.76. The molecule has 0 aromatic carbocycles. The maximum absolute atomic E-state index is 5.27. The summed E-state index contributed by atoms with van der Waals surface area (Å²) >= 11 is 0. The highest BCUT2D eigenvalue weighted by Crippen LogP contribution is 2.65. The predicted molar refractivity (Wildman–Crippen MR) is 136 cm³/mol. The summed E-state index contributed by atoms with van der Waals surface area (Å²) in [5, 5.41) is 1.89. The van der Waals surface area contributed by atoms with E-state index in [9.17, 15) is 0 Å². The SMILES string of the molecule is CCN1C2=NSSC2=N[C@]2([C@@]34N=C5SSN=C5N(CC)C3=NSS4)SSN=C12.